The summed E-state index contributed by atoms with van der Waals surface area (Å²) in [7, 11) is 0. The minimum atomic E-state index is 0.329. The van der Waals surface area contributed by atoms with E-state index in [1.54, 1.807) is 0 Å². The average molecular weight is 218 g/mol. The molecule has 1 aromatic rings. The molecule has 0 saturated carbocycles. The van der Waals surface area contributed by atoms with E-state index in [1.807, 2.05) is 0 Å². The highest BCUT2D eigenvalue weighted by atomic mass is 14.9. The standard InChI is InChI=1S/C14H22N2/c1-10(2)13-7-5-12(6-8-13)9-16-14(15)11(3)4/h5-8,10-11H,9H2,1-4H3,(H2,15,16). The quantitative estimate of drug-likeness (QED) is 0.611. The van der Waals surface area contributed by atoms with E-state index < -0.39 is 0 Å². The van der Waals surface area contributed by atoms with Crippen LogP contribution in [0.4, 0.5) is 0 Å². The Hall–Kier alpha value is -1.31. The number of hydrogen-bond acceptors (Lipinski definition) is 1. The SMILES string of the molecule is CC(C)C(N)=NCc1ccc(C(C)C)cc1. The van der Waals surface area contributed by atoms with Crippen LogP contribution in [0.5, 0.6) is 0 Å². The lowest BCUT2D eigenvalue weighted by molar-refractivity contribution is 0.851. The van der Waals surface area contributed by atoms with Crippen molar-refractivity contribution in [3.63, 3.8) is 0 Å². The zero-order valence-electron chi connectivity index (χ0n) is 10.7. The molecular formula is C14H22N2. The number of hydrogen-bond donors (Lipinski definition) is 1. The van der Waals surface area contributed by atoms with Crippen molar-refractivity contribution >= 4 is 5.84 Å². The molecule has 0 aromatic heterocycles. The maximum Gasteiger partial charge on any atom is 0.0966 e. The van der Waals surface area contributed by atoms with Gasteiger partial charge in [-0.05, 0) is 17.0 Å². The Bertz CT molecular complexity index is 348. The molecule has 0 radical (unpaired) electrons. The van der Waals surface area contributed by atoms with Gasteiger partial charge in [0.1, 0.15) is 0 Å². The van der Waals surface area contributed by atoms with Crippen LogP contribution in [0.2, 0.25) is 0 Å². The Balaban J connectivity index is 2.66. The van der Waals surface area contributed by atoms with E-state index in [0.29, 0.717) is 18.4 Å². The molecule has 1 aromatic carbocycles. The maximum absolute atomic E-state index is 5.79. The summed E-state index contributed by atoms with van der Waals surface area (Å²) in [6, 6.07) is 8.60. The minimum absolute atomic E-state index is 0.329. The molecule has 2 heteroatoms. The maximum atomic E-state index is 5.79. The van der Waals surface area contributed by atoms with Gasteiger partial charge < -0.3 is 5.73 Å². The monoisotopic (exact) mass is 218 g/mol. The molecule has 0 heterocycles. The van der Waals surface area contributed by atoms with Gasteiger partial charge >= 0.3 is 0 Å². The van der Waals surface area contributed by atoms with Crippen LogP contribution in [0.3, 0.4) is 0 Å². The average Bonchev–Trinajstić information content (AvgIpc) is 2.26. The van der Waals surface area contributed by atoms with Gasteiger partial charge in [-0.15, -0.1) is 0 Å². The molecule has 16 heavy (non-hydrogen) atoms. The predicted molar refractivity (Wildman–Crippen MR) is 70.7 cm³/mol. The van der Waals surface area contributed by atoms with Crippen molar-refractivity contribution in [2.24, 2.45) is 16.6 Å². The third kappa shape index (κ3) is 3.69. The Kier molecular flexibility index (Phi) is 4.53. The van der Waals surface area contributed by atoms with Gasteiger partial charge in [0.2, 0.25) is 0 Å². The second-order valence-electron chi connectivity index (χ2n) is 4.79. The number of nitrogens with two attached hydrogens (primary N) is 1. The van der Waals surface area contributed by atoms with E-state index in [1.165, 1.54) is 11.1 Å². The van der Waals surface area contributed by atoms with Gasteiger partial charge in [0, 0.05) is 5.92 Å². The molecule has 0 spiro atoms. The Morgan fingerprint density at radius 2 is 1.69 bits per heavy atom. The zero-order valence-corrected chi connectivity index (χ0v) is 10.7. The van der Waals surface area contributed by atoms with Gasteiger partial charge in [-0.25, -0.2) is 0 Å². The third-order valence-corrected chi connectivity index (χ3v) is 2.68. The largest absolute Gasteiger partial charge is 0.387 e. The molecule has 2 nitrogen and oxygen atoms in total. The summed E-state index contributed by atoms with van der Waals surface area (Å²) < 4.78 is 0. The number of nitrogens with zero attached hydrogens (tertiary/aromatic N) is 1. The normalized spacial score (nSPS) is 12.5. The first-order valence-electron chi connectivity index (χ1n) is 5.89. The minimum Gasteiger partial charge on any atom is -0.387 e. The second-order valence-corrected chi connectivity index (χ2v) is 4.79. The molecule has 0 aliphatic rings. The fraction of sp³-hybridized carbons (Fsp3) is 0.500. The van der Waals surface area contributed by atoms with Crippen molar-refractivity contribution in [2.75, 3.05) is 0 Å². The van der Waals surface area contributed by atoms with Gasteiger partial charge in [-0.1, -0.05) is 52.0 Å². The summed E-state index contributed by atoms with van der Waals surface area (Å²) in [4.78, 5) is 4.36. The Labute approximate surface area is 98.6 Å². The van der Waals surface area contributed by atoms with Gasteiger partial charge in [-0.3, -0.25) is 4.99 Å². The lowest BCUT2D eigenvalue weighted by atomic mass is 10.0. The molecule has 0 bridgehead atoms. The number of benzene rings is 1. The zero-order chi connectivity index (χ0) is 12.1. The van der Waals surface area contributed by atoms with E-state index in [-0.39, 0.29) is 0 Å². The van der Waals surface area contributed by atoms with Crippen LogP contribution >= 0.6 is 0 Å². The first kappa shape index (κ1) is 12.8. The third-order valence-electron chi connectivity index (χ3n) is 2.68. The Morgan fingerprint density at radius 3 is 2.12 bits per heavy atom. The predicted octanol–water partition coefficient (Wildman–Crippen LogP) is 3.32. The molecule has 0 aliphatic carbocycles. The highest BCUT2D eigenvalue weighted by Gasteiger charge is 2.00. The first-order valence-corrected chi connectivity index (χ1v) is 5.89. The fourth-order valence-corrected chi connectivity index (χ4v) is 1.37. The van der Waals surface area contributed by atoms with Crippen LogP contribution in [0.25, 0.3) is 0 Å². The van der Waals surface area contributed by atoms with Gasteiger partial charge in [-0.2, -0.15) is 0 Å². The van der Waals surface area contributed by atoms with Crippen LogP contribution in [-0.4, -0.2) is 5.84 Å². The molecule has 2 N–H and O–H groups in total. The number of amidine groups is 1. The molecule has 0 unspecified atom stereocenters. The highest BCUT2D eigenvalue weighted by Crippen LogP contribution is 2.15. The molecule has 0 atom stereocenters. The van der Waals surface area contributed by atoms with Crippen molar-refractivity contribution in [3.05, 3.63) is 35.4 Å². The molecule has 0 saturated heterocycles. The van der Waals surface area contributed by atoms with Crippen LogP contribution in [-0.2, 0) is 6.54 Å². The van der Waals surface area contributed by atoms with Gasteiger partial charge in [0.15, 0.2) is 0 Å². The summed E-state index contributed by atoms with van der Waals surface area (Å²) in [5, 5.41) is 0. The van der Waals surface area contributed by atoms with E-state index >= 15 is 0 Å². The topological polar surface area (TPSA) is 38.4 Å². The smallest absolute Gasteiger partial charge is 0.0966 e. The Morgan fingerprint density at radius 1 is 1.12 bits per heavy atom. The molecule has 1 rings (SSSR count). The van der Waals surface area contributed by atoms with Crippen molar-refractivity contribution < 1.29 is 0 Å². The molecule has 88 valence electrons. The van der Waals surface area contributed by atoms with Crippen LogP contribution in [0.15, 0.2) is 29.3 Å². The highest BCUT2D eigenvalue weighted by molar-refractivity contribution is 5.82. The first-order chi connectivity index (χ1) is 7.50. The lowest BCUT2D eigenvalue weighted by Crippen LogP contribution is -2.18. The molecular weight excluding hydrogens is 196 g/mol. The summed E-state index contributed by atoms with van der Waals surface area (Å²) in [6.45, 7) is 9.19. The number of aliphatic imine (C=N–C) groups is 1. The summed E-state index contributed by atoms with van der Waals surface area (Å²) >= 11 is 0. The van der Waals surface area contributed by atoms with Crippen molar-refractivity contribution in [1.29, 1.82) is 0 Å². The van der Waals surface area contributed by atoms with Gasteiger partial charge in [0.25, 0.3) is 0 Å². The van der Waals surface area contributed by atoms with Gasteiger partial charge in [0.05, 0.1) is 12.4 Å². The molecule has 0 fully saturated rings. The second kappa shape index (κ2) is 5.69. The van der Waals surface area contributed by atoms with Crippen LogP contribution < -0.4 is 5.73 Å². The van der Waals surface area contributed by atoms with E-state index in [2.05, 4.69) is 57.0 Å². The van der Waals surface area contributed by atoms with Crippen molar-refractivity contribution in [3.8, 4) is 0 Å². The van der Waals surface area contributed by atoms with Crippen LogP contribution in [0.1, 0.15) is 44.7 Å². The summed E-state index contributed by atoms with van der Waals surface area (Å²) in [5.74, 6) is 1.64. The summed E-state index contributed by atoms with van der Waals surface area (Å²) in [6.07, 6.45) is 0. The van der Waals surface area contributed by atoms with E-state index in [4.69, 9.17) is 5.73 Å². The van der Waals surface area contributed by atoms with E-state index in [9.17, 15) is 0 Å². The van der Waals surface area contributed by atoms with Crippen molar-refractivity contribution in [1.82, 2.24) is 0 Å². The van der Waals surface area contributed by atoms with Crippen LogP contribution in [0, 0.1) is 5.92 Å². The van der Waals surface area contributed by atoms with Crippen molar-refractivity contribution in [2.45, 2.75) is 40.2 Å². The lowest BCUT2D eigenvalue weighted by Gasteiger charge is -2.07. The fourth-order valence-electron chi connectivity index (χ4n) is 1.37. The number of rotatable bonds is 4. The molecule has 0 amide bonds. The summed E-state index contributed by atoms with van der Waals surface area (Å²) in [5.41, 5.74) is 8.37. The molecule has 0 aliphatic heterocycles. The van der Waals surface area contributed by atoms with E-state index in [0.717, 1.165) is 5.84 Å².